The molecule has 0 aliphatic rings. The van der Waals surface area contributed by atoms with Gasteiger partial charge in [-0.25, -0.2) is 4.79 Å². The van der Waals surface area contributed by atoms with Crippen molar-refractivity contribution in [3.05, 3.63) is 29.8 Å². The number of carboxylic acid groups (broad SMARTS) is 1. The van der Waals surface area contributed by atoms with Crippen molar-refractivity contribution in [1.82, 2.24) is 16.0 Å². The molecule has 5 atom stereocenters. The van der Waals surface area contributed by atoms with Gasteiger partial charge in [0.1, 0.15) is 23.9 Å². The number of amides is 3. The monoisotopic (exact) mass is 478 g/mol. The van der Waals surface area contributed by atoms with Crippen molar-refractivity contribution < 1.29 is 29.4 Å². The molecule has 1 aromatic carbocycles. The molecule has 190 valence electrons. The topological polar surface area (TPSA) is 171 Å². The van der Waals surface area contributed by atoms with Crippen LogP contribution in [0.1, 0.15) is 53.0 Å². The minimum Gasteiger partial charge on any atom is -0.508 e. The lowest BCUT2D eigenvalue weighted by Gasteiger charge is -2.27. The van der Waals surface area contributed by atoms with E-state index < -0.39 is 47.9 Å². The third-order valence-electron chi connectivity index (χ3n) is 5.60. The highest BCUT2D eigenvalue weighted by Gasteiger charge is 2.31. The molecule has 0 aromatic heterocycles. The average molecular weight is 479 g/mol. The standard InChI is InChI=1S/C24H38N4O6/c1-6-14(4)20(28-22(31)18(25)12-16-7-9-17(29)10-8-16)23(32)26-15(5)21(30)27-19(24(33)34)11-13(2)3/h7-10,13-15,18-20,29H,6,11-12,25H2,1-5H3,(H,26,32)(H,27,30)(H,28,31)(H,33,34). The Bertz CT molecular complexity index is 842. The maximum absolute atomic E-state index is 12.9. The van der Waals surface area contributed by atoms with Crippen LogP contribution < -0.4 is 21.7 Å². The molecule has 0 radical (unpaired) electrons. The van der Waals surface area contributed by atoms with Gasteiger partial charge in [0, 0.05) is 0 Å². The van der Waals surface area contributed by atoms with Crippen molar-refractivity contribution in [3.63, 3.8) is 0 Å². The fourth-order valence-corrected chi connectivity index (χ4v) is 3.30. The smallest absolute Gasteiger partial charge is 0.326 e. The summed E-state index contributed by atoms with van der Waals surface area (Å²) < 4.78 is 0. The van der Waals surface area contributed by atoms with Gasteiger partial charge >= 0.3 is 5.97 Å². The Morgan fingerprint density at radius 3 is 2.00 bits per heavy atom. The van der Waals surface area contributed by atoms with Crippen LogP contribution in [0.4, 0.5) is 0 Å². The molecule has 0 saturated heterocycles. The van der Waals surface area contributed by atoms with Crippen molar-refractivity contribution in [2.24, 2.45) is 17.6 Å². The molecule has 0 fully saturated rings. The third-order valence-corrected chi connectivity index (χ3v) is 5.60. The minimum atomic E-state index is -1.15. The number of aromatic hydroxyl groups is 1. The van der Waals surface area contributed by atoms with Gasteiger partial charge in [-0.05, 0) is 49.3 Å². The summed E-state index contributed by atoms with van der Waals surface area (Å²) in [5, 5.41) is 26.4. The summed E-state index contributed by atoms with van der Waals surface area (Å²) >= 11 is 0. The first-order valence-electron chi connectivity index (χ1n) is 11.5. The van der Waals surface area contributed by atoms with Crippen LogP contribution in [0.5, 0.6) is 5.75 Å². The maximum atomic E-state index is 12.9. The zero-order valence-corrected chi connectivity index (χ0v) is 20.5. The van der Waals surface area contributed by atoms with Gasteiger partial charge in [-0.3, -0.25) is 14.4 Å². The Hall–Kier alpha value is -3.14. The fourth-order valence-electron chi connectivity index (χ4n) is 3.30. The van der Waals surface area contributed by atoms with Crippen molar-refractivity contribution in [2.75, 3.05) is 0 Å². The maximum Gasteiger partial charge on any atom is 0.326 e. The molecule has 7 N–H and O–H groups in total. The van der Waals surface area contributed by atoms with E-state index >= 15 is 0 Å². The van der Waals surface area contributed by atoms with Gasteiger partial charge in [0.25, 0.3) is 0 Å². The number of phenols is 1. The van der Waals surface area contributed by atoms with E-state index in [1.54, 1.807) is 19.1 Å². The molecule has 0 heterocycles. The molecule has 0 saturated carbocycles. The largest absolute Gasteiger partial charge is 0.508 e. The van der Waals surface area contributed by atoms with E-state index in [9.17, 15) is 29.4 Å². The summed E-state index contributed by atoms with van der Waals surface area (Å²) in [5.74, 6) is -2.93. The van der Waals surface area contributed by atoms with Crippen molar-refractivity contribution >= 4 is 23.7 Å². The van der Waals surface area contributed by atoms with Gasteiger partial charge in [-0.2, -0.15) is 0 Å². The van der Waals surface area contributed by atoms with Gasteiger partial charge in [0.2, 0.25) is 17.7 Å². The molecule has 10 heteroatoms. The Labute approximate surface area is 200 Å². The zero-order valence-electron chi connectivity index (χ0n) is 20.5. The Kier molecular flexibility index (Phi) is 11.5. The van der Waals surface area contributed by atoms with Crippen LogP contribution in [0.15, 0.2) is 24.3 Å². The van der Waals surface area contributed by atoms with E-state index in [0.717, 1.165) is 5.56 Å². The number of nitrogens with one attached hydrogen (secondary N) is 3. The minimum absolute atomic E-state index is 0.0575. The third kappa shape index (κ3) is 9.38. The molecule has 3 amide bonds. The molecule has 1 aromatic rings. The summed E-state index contributed by atoms with van der Waals surface area (Å²) in [7, 11) is 0. The van der Waals surface area contributed by atoms with Crippen LogP contribution in [0, 0.1) is 11.8 Å². The first-order chi connectivity index (χ1) is 15.8. The van der Waals surface area contributed by atoms with E-state index in [-0.39, 0.29) is 30.4 Å². The number of rotatable bonds is 13. The van der Waals surface area contributed by atoms with E-state index in [1.165, 1.54) is 19.1 Å². The van der Waals surface area contributed by atoms with E-state index in [1.807, 2.05) is 20.8 Å². The summed E-state index contributed by atoms with van der Waals surface area (Å²) in [5.41, 5.74) is 6.78. The molecule has 0 aliphatic heterocycles. The predicted molar refractivity (Wildman–Crippen MR) is 128 cm³/mol. The van der Waals surface area contributed by atoms with E-state index in [0.29, 0.717) is 6.42 Å². The van der Waals surface area contributed by atoms with Crippen LogP contribution in [0.3, 0.4) is 0 Å². The molecular formula is C24H38N4O6. The van der Waals surface area contributed by atoms with Crippen LogP contribution >= 0.6 is 0 Å². The molecular weight excluding hydrogens is 440 g/mol. The molecule has 0 spiro atoms. The van der Waals surface area contributed by atoms with Crippen molar-refractivity contribution in [3.8, 4) is 5.75 Å². The van der Waals surface area contributed by atoms with E-state index in [2.05, 4.69) is 16.0 Å². The van der Waals surface area contributed by atoms with Crippen LogP contribution in [0.2, 0.25) is 0 Å². The van der Waals surface area contributed by atoms with Gasteiger partial charge in [0.05, 0.1) is 6.04 Å². The number of hydrogen-bond donors (Lipinski definition) is 6. The first-order valence-corrected chi connectivity index (χ1v) is 11.5. The van der Waals surface area contributed by atoms with Gasteiger partial charge in [0.15, 0.2) is 0 Å². The molecule has 0 bridgehead atoms. The summed E-state index contributed by atoms with van der Waals surface area (Å²) in [6.07, 6.45) is 1.06. The Balaban J connectivity index is 2.80. The second kappa shape index (κ2) is 13.5. The Morgan fingerprint density at radius 2 is 1.50 bits per heavy atom. The highest BCUT2D eigenvalue weighted by molar-refractivity contribution is 5.94. The second-order valence-electron chi connectivity index (χ2n) is 9.11. The van der Waals surface area contributed by atoms with Gasteiger partial charge in [-0.15, -0.1) is 0 Å². The molecule has 34 heavy (non-hydrogen) atoms. The molecule has 1 rings (SSSR count). The summed E-state index contributed by atoms with van der Waals surface area (Å²) in [6, 6.07) is 2.40. The average Bonchev–Trinajstić information content (AvgIpc) is 2.77. The van der Waals surface area contributed by atoms with Gasteiger partial charge < -0.3 is 31.9 Å². The lowest BCUT2D eigenvalue weighted by Crippen LogP contribution is -2.58. The predicted octanol–water partition coefficient (Wildman–Crippen LogP) is 0.913. The van der Waals surface area contributed by atoms with Crippen LogP contribution in [-0.2, 0) is 25.6 Å². The summed E-state index contributed by atoms with van der Waals surface area (Å²) in [6.45, 7) is 8.81. The number of carbonyl (C=O) groups is 4. The first kappa shape index (κ1) is 28.9. The number of hydrogen-bond acceptors (Lipinski definition) is 6. The molecule has 10 nitrogen and oxygen atoms in total. The van der Waals surface area contributed by atoms with Crippen LogP contribution in [-0.4, -0.2) is 58.1 Å². The van der Waals surface area contributed by atoms with E-state index in [4.69, 9.17) is 5.73 Å². The highest BCUT2D eigenvalue weighted by Crippen LogP contribution is 2.12. The lowest BCUT2D eigenvalue weighted by molar-refractivity contribution is -0.142. The molecule has 5 unspecified atom stereocenters. The number of nitrogens with two attached hydrogens (primary N) is 1. The van der Waals surface area contributed by atoms with Crippen molar-refractivity contribution in [2.45, 2.75) is 78.0 Å². The van der Waals surface area contributed by atoms with Crippen LogP contribution in [0.25, 0.3) is 0 Å². The number of carbonyl (C=O) groups excluding carboxylic acids is 3. The SMILES string of the molecule is CCC(C)C(NC(=O)C(N)Cc1ccc(O)cc1)C(=O)NC(C)C(=O)NC(CC(C)C)C(=O)O. The van der Waals surface area contributed by atoms with Gasteiger partial charge in [-0.1, -0.05) is 46.2 Å². The normalized spacial score (nSPS) is 15.5. The van der Waals surface area contributed by atoms with Crippen molar-refractivity contribution in [1.29, 1.82) is 0 Å². The Morgan fingerprint density at radius 1 is 0.912 bits per heavy atom. The number of carboxylic acids is 1. The number of aliphatic carboxylic acids is 1. The fraction of sp³-hybridized carbons (Fsp3) is 0.583. The quantitative estimate of drug-likeness (QED) is 0.245. The lowest BCUT2D eigenvalue weighted by atomic mass is 9.97. The number of phenolic OH excluding ortho intramolecular Hbond substituents is 1. The number of benzene rings is 1. The second-order valence-corrected chi connectivity index (χ2v) is 9.11. The highest BCUT2D eigenvalue weighted by atomic mass is 16.4. The molecule has 0 aliphatic carbocycles. The summed E-state index contributed by atoms with van der Waals surface area (Å²) in [4.78, 5) is 49.5. The zero-order chi connectivity index (χ0) is 26.0.